The highest BCUT2D eigenvalue weighted by Crippen LogP contribution is 2.28. The van der Waals surface area contributed by atoms with E-state index in [1.807, 2.05) is 25.2 Å². The van der Waals surface area contributed by atoms with E-state index in [2.05, 4.69) is 27.9 Å². The summed E-state index contributed by atoms with van der Waals surface area (Å²) >= 11 is 0. The van der Waals surface area contributed by atoms with Gasteiger partial charge in [0.05, 0.1) is 6.61 Å². The molecule has 0 aliphatic heterocycles. The van der Waals surface area contributed by atoms with Gasteiger partial charge in [-0.3, -0.25) is 4.99 Å². The van der Waals surface area contributed by atoms with Crippen LogP contribution in [0.25, 0.3) is 0 Å². The van der Waals surface area contributed by atoms with Crippen LogP contribution >= 0.6 is 0 Å². The van der Waals surface area contributed by atoms with Crippen LogP contribution in [-0.4, -0.2) is 51.3 Å². The Kier molecular flexibility index (Phi) is 7.62. The minimum atomic E-state index is 0.504. The summed E-state index contributed by atoms with van der Waals surface area (Å²) in [4.78, 5) is 6.42. The third-order valence-electron chi connectivity index (χ3n) is 3.96. The molecule has 2 rings (SSSR count). The largest absolute Gasteiger partial charge is 0.489 e. The Morgan fingerprint density at radius 2 is 2.21 bits per heavy atom. The minimum Gasteiger partial charge on any atom is -0.489 e. The van der Waals surface area contributed by atoms with E-state index in [9.17, 15) is 0 Å². The molecule has 0 bridgehead atoms. The summed E-state index contributed by atoms with van der Waals surface area (Å²) in [6.07, 6.45) is 4.40. The first-order valence-electron chi connectivity index (χ1n) is 8.55. The summed E-state index contributed by atoms with van der Waals surface area (Å²) in [6.45, 7) is 7.30. The zero-order chi connectivity index (χ0) is 17.2. The first-order valence-corrected chi connectivity index (χ1v) is 8.55. The number of ether oxygens (including phenoxy) is 2. The average molecular weight is 331 g/mol. The van der Waals surface area contributed by atoms with Crippen LogP contribution in [0.4, 0.5) is 0 Å². The highest BCUT2D eigenvalue weighted by atomic mass is 16.5. The molecule has 0 radical (unpaired) electrons. The number of hydrogen-bond donors (Lipinski definition) is 1. The smallest absolute Gasteiger partial charge is 0.193 e. The van der Waals surface area contributed by atoms with Crippen molar-refractivity contribution in [3.05, 3.63) is 42.5 Å². The maximum absolute atomic E-state index is 5.70. The van der Waals surface area contributed by atoms with Crippen molar-refractivity contribution in [2.75, 3.05) is 40.5 Å². The quantitative estimate of drug-likeness (QED) is 0.310. The second-order valence-corrected chi connectivity index (χ2v) is 6.05. The van der Waals surface area contributed by atoms with E-state index >= 15 is 0 Å². The molecule has 0 spiro atoms. The molecule has 1 aromatic carbocycles. The molecule has 1 N–H and O–H groups in total. The predicted molar refractivity (Wildman–Crippen MR) is 98.5 cm³/mol. The lowest BCUT2D eigenvalue weighted by molar-refractivity contribution is 0.115. The number of rotatable bonds is 10. The third kappa shape index (κ3) is 6.24. The Labute approximate surface area is 145 Å². The van der Waals surface area contributed by atoms with Crippen LogP contribution in [0.15, 0.2) is 41.9 Å². The standard InChI is InChI=1S/C19H29N3O2/c1-4-12-24-18-8-6-5-7-17(18)14-21-19(20-2)22(3)11-13-23-15-16-9-10-16/h4-8,16H,1,9-15H2,2-3H3,(H,20,21). The molecule has 5 heteroatoms. The minimum absolute atomic E-state index is 0.504. The first kappa shape index (κ1) is 18.3. The molecule has 1 fully saturated rings. The van der Waals surface area contributed by atoms with Gasteiger partial charge in [-0.05, 0) is 24.8 Å². The van der Waals surface area contributed by atoms with Crippen molar-refractivity contribution >= 4 is 5.96 Å². The topological polar surface area (TPSA) is 46.1 Å². The van der Waals surface area contributed by atoms with Crippen molar-refractivity contribution in [1.29, 1.82) is 0 Å². The molecule has 132 valence electrons. The van der Waals surface area contributed by atoms with Crippen molar-refractivity contribution in [3.8, 4) is 5.75 Å². The Morgan fingerprint density at radius 3 is 2.92 bits per heavy atom. The fourth-order valence-corrected chi connectivity index (χ4v) is 2.34. The number of likely N-dealkylation sites (N-methyl/N-ethyl adjacent to an activating group) is 1. The van der Waals surface area contributed by atoms with Gasteiger partial charge in [0.15, 0.2) is 5.96 Å². The van der Waals surface area contributed by atoms with E-state index in [4.69, 9.17) is 9.47 Å². The van der Waals surface area contributed by atoms with Gasteiger partial charge in [0.2, 0.25) is 0 Å². The Balaban J connectivity index is 1.78. The summed E-state index contributed by atoms with van der Waals surface area (Å²) in [5.41, 5.74) is 1.10. The second kappa shape index (κ2) is 9.98. The number of hydrogen-bond acceptors (Lipinski definition) is 3. The molecule has 1 aliphatic rings. The summed E-state index contributed by atoms with van der Waals surface area (Å²) in [6, 6.07) is 8.01. The van der Waals surface area contributed by atoms with Gasteiger partial charge in [0, 0.05) is 39.4 Å². The van der Waals surface area contributed by atoms with Crippen LogP contribution in [0.2, 0.25) is 0 Å². The molecule has 1 saturated carbocycles. The monoisotopic (exact) mass is 331 g/mol. The number of guanidine groups is 1. The van der Waals surface area contributed by atoms with E-state index < -0.39 is 0 Å². The summed E-state index contributed by atoms with van der Waals surface area (Å²) in [5, 5.41) is 3.38. The fraction of sp³-hybridized carbons (Fsp3) is 0.526. The maximum Gasteiger partial charge on any atom is 0.193 e. The van der Waals surface area contributed by atoms with Crippen molar-refractivity contribution in [2.24, 2.45) is 10.9 Å². The number of nitrogens with one attached hydrogen (secondary N) is 1. The van der Waals surface area contributed by atoms with E-state index in [0.29, 0.717) is 13.2 Å². The van der Waals surface area contributed by atoms with Gasteiger partial charge >= 0.3 is 0 Å². The SMILES string of the molecule is C=CCOc1ccccc1CNC(=NC)N(C)CCOCC1CC1. The van der Waals surface area contributed by atoms with E-state index in [1.165, 1.54) is 12.8 Å². The lowest BCUT2D eigenvalue weighted by atomic mass is 10.2. The van der Waals surface area contributed by atoms with Gasteiger partial charge in [-0.1, -0.05) is 30.9 Å². The first-order chi connectivity index (χ1) is 11.7. The molecule has 0 atom stereocenters. The molecule has 5 nitrogen and oxygen atoms in total. The summed E-state index contributed by atoms with van der Waals surface area (Å²) in [5.74, 6) is 2.53. The van der Waals surface area contributed by atoms with Crippen molar-refractivity contribution in [1.82, 2.24) is 10.2 Å². The number of para-hydroxylation sites is 1. The van der Waals surface area contributed by atoms with Crippen LogP contribution in [0.1, 0.15) is 18.4 Å². The number of nitrogens with zero attached hydrogens (tertiary/aromatic N) is 2. The maximum atomic E-state index is 5.70. The predicted octanol–water partition coefficient (Wildman–Crippen LogP) is 2.69. The van der Waals surface area contributed by atoms with E-state index in [-0.39, 0.29) is 0 Å². The molecular formula is C19H29N3O2. The van der Waals surface area contributed by atoms with Gasteiger partial charge < -0.3 is 19.7 Å². The van der Waals surface area contributed by atoms with Crippen LogP contribution in [0.3, 0.4) is 0 Å². The van der Waals surface area contributed by atoms with Crippen LogP contribution in [-0.2, 0) is 11.3 Å². The molecule has 1 aliphatic carbocycles. The normalized spacial score (nSPS) is 14.3. The molecule has 1 aromatic rings. The lowest BCUT2D eigenvalue weighted by Gasteiger charge is -2.22. The summed E-state index contributed by atoms with van der Waals surface area (Å²) < 4.78 is 11.4. The lowest BCUT2D eigenvalue weighted by Crippen LogP contribution is -2.40. The highest BCUT2D eigenvalue weighted by molar-refractivity contribution is 5.79. The average Bonchev–Trinajstić information content (AvgIpc) is 3.42. The van der Waals surface area contributed by atoms with Gasteiger partial charge in [0.25, 0.3) is 0 Å². The fourth-order valence-electron chi connectivity index (χ4n) is 2.34. The Hall–Kier alpha value is -2.01. The molecular weight excluding hydrogens is 302 g/mol. The molecule has 0 saturated heterocycles. The molecule has 24 heavy (non-hydrogen) atoms. The van der Waals surface area contributed by atoms with Crippen LogP contribution < -0.4 is 10.1 Å². The highest BCUT2D eigenvalue weighted by Gasteiger charge is 2.21. The number of aliphatic imine (C=N–C) groups is 1. The van der Waals surface area contributed by atoms with E-state index in [0.717, 1.165) is 42.9 Å². The van der Waals surface area contributed by atoms with Gasteiger partial charge in [-0.15, -0.1) is 0 Å². The zero-order valence-electron chi connectivity index (χ0n) is 14.8. The zero-order valence-corrected chi connectivity index (χ0v) is 14.8. The van der Waals surface area contributed by atoms with Gasteiger partial charge in [-0.25, -0.2) is 0 Å². The molecule has 0 amide bonds. The molecule has 0 unspecified atom stereocenters. The van der Waals surface area contributed by atoms with Crippen LogP contribution in [0.5, 0.6) is 5.75 Å². The van der Waals surface area contributed by atoms with Crippen molar-refractivity contribution < 1.29 is 9.47 Å². The van der Waals surface area contributed by atoms with Crippen molar-refractivity contribution in [3.63, 3.8) is 0 Å². The van der Waals surface area contributed by atoms with Gasteiger partial charge in [-0.2, -0.15) is 0 Å². The Bertz CT molecular complexity index is 541. The molecule has 0 heterocycles. The van der Waals surface area contributed by atoms with E-state index in [1.54, 1.807) is 13.1 Å². The summed E-state index contributed by atoms with van der Waals surface area (Å²) in [7, 11) is 3.82. The Morgan fingerprint density at radius 1 is 1.42 bits per heavy atom. The van der Waals surface area contributed by atoms with Crippen molar-refractivity contribution in [2.45, 2.75) is 19.4 Å². The molecule has 0 aromatic heterocycles. The second-order valence-electron chi connectivity index (χ2n) is 6.05. The third-order valence-corrected chi connectivity index (χ3v) is 3.96. The number of benzene rings is 1. The van der Waals surface area contributed by atoms with Gasteiger partial charge in [0.1, 0.15) is 12.4 Å². The van der Waals surface area contributed by atoms with Crippen LogP contribution in [0, 0.1) is 5.92 Å².